The molecule has 0 fully saturated rings. The van der Waals surface area contributed by atoms with Crippen molar-refractivity contribution < 1.29 is 33.4 Å². The lowest BCUT2D eigenvalue weighted by molar-refractivity contribution is -0.146. The number of hydrogen-bond acceptors (Lipinski definition) is 7. The zero-order chi connectivity index (χ0) is 25.8. The highest BCUT2D eigenvalue weighted by molar-refractivity contribution is 5.89. The quantitative estimate of drug-likeness (QED) is 0.183. The number of nitrogens with one attached hydrogen (secondary N) is 3. The molecule has 0 aromatic rings. The maximum absolute atomic E-state index is 12.9. The Bertz CT molecular complexity index is 681. The van der Waals surface area contributed by atoms with Crippen LogP contribution in [0.4, 0.5) is 9.59 Å². The standard InChI is InChI=1S/C23H41N3O7/c1-10-15(2)17(19(28)31-9)26-18(27)16(25-21(30)33-23(6,7)8)13-11-12-14-24-20(29)32-22(3,4)5/h10,15-17H,1,11-14H2,2-9H3,(H,24,29)(H,25,30)(H,26,27)/t15-,16+,17-/m1/s1. The Morgan fingerprint density at radius 1 is 0.909 bits per heavy atom. The van der Waals surface area contributed by atoms with Crippen molar-refractivity contribution in [2.75, 3.05) is 13.7 Å². The molecule has 0 heterocycles. The van der Waals surface area contributed by atoms with Crippen molar-refractivity contribution in [2.45, 2.75) is 91.0 Å². The first-order chi connectivity index (χ1) is 15.1. The lowest BCUT2D eigenvalue weighted by Gasteiger charge is -2.26. The van der Waals surface area contributed by atoms with E-state index in [2.05, 4.69) is 22.5 Å². The van der Waals surface area contributed by atoms with Gasteiger partial charge in [0.05, 0.1) is 7.11 Å². The molecule has 0 spiro atoms. The van der Waals surface area contributed by atoms with E-state index in [4.69, 9.17) is 14.2 Å². The van der Waals surface area contributed by atoms with E-state index in [1.165, 1.54) is 13.2 Å². The Morgan fingerprint density at radius 3 is 1.94 bits per heavy atom. The van der Waals surface area contributed by atoms with E-state index in [0.29, 0.717) is 19.4 Å². The molecule has 0 saturated carbocycles. The van der Waals surface area contributed by atoms with Crippen molar-refractivity contribution in [3.05, 3.63) is 12.7 Å². The van der Waals surface area contributed by atoms with Crippen LogP contribution in [0.2, 0.25) is 0 Å². The van der Waals surface area contributed by atoms with Gasteiger partial charge in [-0.15, -0.1) is 6.58 Å². The molecule has 10 nitrogen and oxygen atoms in total. The average Bonchev–Trinajstić information content (AvgIpc) is 2.66. The van der Waals surface area contributed by atoms with Crippen LogP contribution in [0.25, 0.3) is 0 Å². The summed E-state index contributed by atoms with van der Waals surface area (Å²) >= 11 is 0. The highest BCUT2D eigenvalue weighted by Gasteiger charge is 2.30. The van der Waals surface area contributed by atoms with Gasteiger partial charge >= 0.3 is 18.2 Å². The minimum Gasteiger partial charge on any atom is -0.467 e. The molecule has 3 atom stereocenters. The molecule has 10 heteroatoms. The van der Waals surface area contributed by atoms with E-state index < -0.39 is 47.3 Å². The van der Waals surface area contributed by atoms with Gasteiger partial charge < -0.3 is 30.2 Å². The van der Waals surface area contributed by atoms with Gasteiger partial charge in [-0.1, -0.05) is 13.0 Å². The van der Waals surface area contributed by atoms with Crippen LogP contribution in [0.5, 0.6) is 0 Å². The van der Waals surface area contributed by atoms with Crippen molar-refractivity contribution in [3.63, 3.8) is 0 Å². The second-order valence-corrected chi connectivity index (χ2v) is 9.73. The lowest BCUT2D eigenvalue weighted by Crippen LogP contribution is -2.54. The molecule has 0 aliphatic rings. The number of rotatable bonds is 11. The third-order valence-corrected chi connectivity index (χ3v) is 4.25. The molecule has 3 N–H and O–H groups in total. The van der Waals surface area contributed by atoms with Crippen molar-refractivity contribution in [1.82, 2.24) is 16.0 Å². The number of ether oxygens (including phenoxy) is 3. The second kappa shape index (κ2) is 13.7. The number of esters is 1. The van der Waals surface area contributed by atoms with Crippen LogP contribution in [0.15, 0.2) is 12.7 Å². The number of carbonyl (C=O) groups is 4. The van der Waals surface area contributed by atoms with E-state index >= 15 is 0 Å². The molecule has 0 unspecified atom stereocenters. The number of unbranched alkanes of at least 4 members (excludes halogenated alkanes) is 1. The van der Waals surface area contributed by atoms with E-state index in [9.17, 15) is 19.2 Å². The Labute approximate surface area is 197 Å². The fourth-order valence-electron chi connectivity index (χ4n) is 2.62. The number of carbonyl (C=O) groups excluding carboxylic acids is 4. The van der Waals surface area contributed by atoms with Gasteiger partial charge in [-0.25, -0.2) is 14.4 Å². The van der Waals surface area contributed by atoms with Gasteiger partial charge in [0.2, 0.25) is 5.91 Å². The fraction of sp³-hybridized carbons (Fsp3) is 0.739. The second-order valence-electron chi connectivity index (χ2n) is 9.73. The van der Waals surface area contributed by atoms with Crippen molar-refractivity contribution in [1.29, 1.82) is 0 Å². The first kappa shape index (κ1) is 30.2. The summed E-state index contributed by atoms with van der Waals surface area (Å²) in [4.78, 5) is 49.0. The molecular weight excluding hydrogens is 430 g/mol. The SMILES string of the molecule is C=C[C@@H](C)[C@@H](NC(=O)[C@H](CCCCNC(=O)OC(C)(C)C)NC(=O)OC(C)(C)C)C(=O)OC. The maximum atomic E-state index is 12.9. The molecule has 0 aliphatic heterocycles. The van der Waals surface area contributed by atoms with Gasteiger partial charge in [-0.05, 0) is 60.8 Å². The molecular formula is C23H41N3O7. The van der Waals surface area contributed by atoms with Crippen LogP contribution in [-0.4, -0.2) is 61.0 Å². The summed E-state index contributed by atoms with van der Waals surface area (Å²) in [6, 6.07) is -1.90. The summed E-state index contributed by atoms with van der Waals surface area (Å²) in [6.45, 7) is 16.2. The molecule has 0 aromatic carbocycles. The monoisotopic (exact) mass is 471 g/mol. The largest absolute Gasteiger partial charge is 0.467 e. The highest BCUT2D eigenvalue weighted by Crippen LogP contribution is 2.11. The highest BCUT2D eigenvalue weighted by atomic mass is 16.6. The van der Waals surface area contributed by atoms with Crippen LogP contribution in [0.3, 0.4) is 0 Å². The lowest BCUT2D eigenvalue weighted by atomic mass is 10.0. The fourth-order valence-corrected chi connectivity index (χ4v) is 2.62. The molecule has 190 valence electrons. The third kappa shape index (κ3) is 14.1. The van der Waals surface area contributed by atoms with Crippen molar-refractivity contribution >= 4 is 24.1 Å². The van der Waals surface area contributed by atoms with E-state index in [0.717, 1.165) is 0 Å². The topological polar surface area (TPSA) is 132 Å². The van der Waals surface area contributed by atoms with Crippen LogP contribution in [0, 0.1) is 5.92 Å². The Morgan fingerprint density at radius 2 is 1.45 bits per heavy atom. The van der Waals surface area contributed by atoms with E-state index in [1.807, 2.05) is 0 Å². The van der Waals surface area contributed by atoms with Crippen LogP contribution < -0.4 is 16.0 Å². The predicted molar refractivity (Wildman–Crippen MR) is 125 cm³/mol. The van der Waals surface area contributed by atoms with Gasteiger partial charge in [0.1, 0.15) is 23.3 Å². The average molecular weight is 472 g/mol. The molecule has 0 saturated heterocycles. The minimum atomic E-state index is -0.953. The van der Waals surface area contributed by atoms with Crippen LogP contribution in [0.1, 0.15) is 67.7 Å². The maximum Gasteiger partial charge on any atom is 0.408 e. The Balaban J connectivity index is 5.08. The predicted octanol–water partition coefficient (Wildman–Crippen LogP) is 3.05. The molecule has 0 aromatic heterocycles. The van der Waals surface area contributed by atoms with Gasteiger partial charge in [-0.3, -0.25) is 4.79 Å². The van der Waals surface area contributed by atoms with Gasteiger partial charge in [-0.2, -0.15) is 0 Å². The van der Waals surface area contributed by atoms with Crippen LogP contribution in [-0.2, 0) is 23.8 Å². The number of alkyl carbamates (subject to hydrolysis) is 2. The smallest absolute Gasteiger partial charge is 0.408 e. The molecule has 33 heavy (non-hydrogen) atoms. The minimum absolute atomic E-state index is 0.261. The van der Waals surface area contributed by atoms with Crippen LogP contribution >= 0.6 is 0 Å². The van der Waals surface area contributed by atoms with Gasteiger partial charge in [0.15, 0.2) is 0 Å². The summed E-state index contributed by atoms with van der Waals surface area (Å²) in [5.41, 5.74) is -1.34. The molecule has 0 aliphatic carbocycles. The van der Waals surface area contributed by atoms with Crippen molar-refractivity contribution in [2.24, 2.45) is 5.92 Å². The number of amides is 3. The number of methoxy groups -OCH3 is 1. The molecule has 3 amide bonds. The van der Waals surface area contributed by atoms with E-state index in [1.54, 1.807) is 48.5 Å². The zero-order valence-corrected chi connectivity index (χ0v) is 21.2. The van der Waals surface area contributed by atoms with Gasteiger partial charge in [0.25, 0.3) is 0 Å². The third-order valence-electron chi connectivity index (χ3n) is 4.25. The van der Waals surface area contributed by atoms with Gasteiger partial charge in [0, 0.05) is 12.5 Å². The molecule has 0 radical (unpaired) electrons. The zero-order valence-electron chi connectivity index (χ0n) is 21.2. The van der Waals surface area contributed by atoms with Crippen molar-refractivity contribution in [3.8, 4) is 0 Å². The summed E-state index contributed by atoms with van der Waals surface area (Å²) in [7, 11) is 1.23. The Hall–Kier alpha value is -2.78. The van der Waals surface area contributed by atoms with E-state index in [-0.39, 0.29) is 12.3 Å². The normalized spacial score (nSPS) is 14.2. The summed E-state index contributed by atoms with van der Waals surface area (Å²) in [5, 5.41) is 7.83. The molecule has 0 rings (SSSR count). The summed E-state index contributed by atoms with van der Waals surface area (Å²) < 4.78 is 15.2. The Kier molecular flexibility index (Phi) is 12.5. The summed E-state index contributed by atoms with van der Waals surface area (Å²) in [5.74, 6) is -1.56. The molecule has 0 bridgehead atoms. The first-order valence-corrected chi connectivity index (χ1v) is 11.1. The first-order valence-electron chi connectivity index (χ1n) is 11.1. The summed E-state index contributed by atoms with van der Waals surface area (Å²) in [6.07, 6.45) is 1.56. The number of hydrogen-bond donors (Lipinski definition) is 3.